The van der Waals surface area contributed by atoms with Crippen LogP contribution in [0.1, 0.15) is 34.6 Å². The SMILES string of the molecule is C1=Cc2ccc3cccc4c3c2C(=CC4c2ccc(Nc3ccc(-c4ccccc4)cc3)cc2)C1. The van der Waals surface area contributed by atoms with Crippen molar-refractivity contribution in [3.8, 4) is 11.1 Å². The minimum absolute atomic E-state index is 0.280. The molecule has 0 spiro atoms. The minimum atomic E-state index is 0.280. The second-order valence-electron chi connectivity index (χ2n) is 9.44. The lowest BCUT2D eigenvalue weighted by Crippen LogP contribution is -2.09. The molecule has 35 heavy (non-hydrogen) atoms. The lowest BCUT2D eigenvalue weighted by atomic mass is 9.75. The normalized spacial score (nSPS) is 15.7. The van der Waals surface area contributed by atoms with E-state index in [-0.39, 0.29) is 5.92 Å². The van der Waals surface area contributed by atoms with Crippen molar-refractivity contribution < 1.29 is 0 Å². The van der Waals surface area contributed by atoms with Gasteiger partial charge < -0.3 is 5.32 Å². The predicted octanol–water partition coefficient (Wildman–Crippen LogP) is 9.20. The molecule has 0 bridgehead atoms. The van der Waals surface area contributed by atoms with Crippen molar-refractivity contribution in [2.45, 2.75) is 12.3 Å². The summed E-state index contributed by atoms with van der Waals surface area (Å²) in [4.78, 5) is 0. The fourth-order valence-corrected chi connectivity index (χ4v) is 5.62. The Balaban J connectivity index is 1.18. The van der Waals surface area contributed by atoms with E-state index in [9.17, 15) is 0 Å². The van der Waals surface area contributed by atoms with Crippen LogP contribution in [0.25, 0.3) is 33.5 Å². The van der Waals surface area contributed by atoms with Crippen LogP contribution in [-0.2, 0) is 0 Å². The number of allylic oxidation sites excluding steroid dienone is 3. The van der Waals surface area contributed by atoms with Crippen LogP contribution >= 0.6 is 0 Å². The van der Waals surface area contributed by atoms with Crippen LogP contribution in [-0.4, -0.2) is 0 Å². The topological polar surface area (TPSA) is 12.0 Å². The average molecular weight is 448 g/mol. The van der Waals surface area contributed by atoms with Crippen molar-refractivity contribution >= 4 is 33.8 Å². The van der Waals surface area contributed by atoms with Gasteiger partial charge in [0.2, 0.25) is 0 Å². The van der Waals surface area contributed by atoms with Crippen molar-refractivity contribution in [2.24, 2.45) is 0 Å². The molecule has 1 nitrogen and oxygen atoms in total. The van der Waals surface area contributed by atoms with Crippen LogP contribution in [0.3, 0.4) is 0 Å². The Morgan fingerprint density at radius 2 is 1.37 bits per heavy atom. The maximum absolute atomic E-state index is 3.56. The summed E-state index contributed by atoms with van der Waals surface area (Å²) >= 11 is 0. The molecule has 0 saturated carbocycles. The van der Waals surface area contributed by atoms with Gasteiger partial charge in [-0.1, -0.05) is 103 Å². The van der Waals surface area contributed by atoms with Gasteiger partial charge in [0, 0.05) is 17.3 Å². The van der Waals surface area contributed by atoms with Crippen molar-refractivity contribution in [3.05, 3.63) is 144 Å². The average Bonchev–Trinajstić information content (AvgIpc) is 2.93. The molecule has 5 aromatic carbocycles. The molecule has 0 amide bonds. The summed E-state index contributed by atoms with van der Waals surface area (Å²) in [6, 6.07) is 39.4. The molecule has 0 aromatic heterocycles. The van der Waals surface area contributed by atoms with Gasteiger partial charge in [-0.05, 0) is 80.4 Å². The van der Waals surface area contributed by atoms with Gasteiger partial charge in [0.1, 0.15) is 0 Å². The standard InChI is InChI=1S/C34H25N/c1-2-6-23(7-3-1)24-14-18-29(19-15-24)35-30-20-16-25(17-21-30)32-22-28-10-4-8-26-12-13-27-9-5-11-31(32)34(27)33(26)28/h1-9,11-22,32,35H,10H2. The smallest absolute Gasteiger partial charge is 0.0384 e. The minimum Gasteiger partial charge on any atom is -0.356 e. The molecule has 1 atom stereocenters. The van der Waals surface area contributed by atoms with Gasteiger partial charge in [0.15, 0.2) is 0 Å². The van der Waals surface area contributed by atoms with E-state index in [1.54, 1.807) is 0 Å². The van der Waals surface area contributed by atoms with E-state index in [4.69, 9.17) is 0 Å². The highest BCUT2D eigenvalue weighted by molar-refractivity contribution is 6.03. The summed E-state index contributed by atoms with van der Waals surface area (Å²) < 4.78 is 0. The fourth-order valence-electron chi connectivity index (χ4n) is 5.62. The number of hydrogen-bond acceptors (Lipinski definition) is 1. The Hall–Kier alpha value is -4.36. The molecule has 5 aromatic rings. The molecule has 0 aliphatic heterocycles. The number of benzene rings is 5. The quantitative estimate of drug-likeness (QED) is 0.289. The molecule has 0 saturated heterocycles. The molecular weight excluding hydrogens is 422 g/mol. The first-order chi connectivity index (χ1) is 17.3. The summed E-state index contributed by atoms with van der Waals surface area (Å²) in [6.45, 7) is 0. The van der Waals surface area contributed by atoms with Crippen LogP contribution in [0.4, 0.5) is 11.4 Å². The molecular formula is C34H25N. The van der Waals surface area contributed by atoms with Crippen molar-refractivity contribution in [1.82, 2.24) is 0 Å². The van der Waals surface area contributed by atoms with Crippen molar-refractivity contribution in [2.75, 3.05) is 5.32 Å². The third kappa shape index (κ3) is 3.48. The molecule has 7 rings (SSSR count). The predicted molar refractivity (Wildman–Crippen MR) is 149 cm³/mol. The summed E-state index contributed by atoms with van der Waals surface area (Å²) in [5.41, 5.74) is 11.7. The highest BCUT2D eigenvalue weighted by Gasteiger charge is 2.25. The number of nitrogens with one attached hydrogen (secondary N) is 1. The monoisotopic (exact) mass is 447 g/mol. The zero-order valence-corrected chi connectivity index (χ0v) is 19.4. The molecule has 2 aliphatic carbocycles. The van der Waals surface area contributed by atoms with Gasteiger partial charge in [0.25, 0.3) is 0 Å². The van der Waals surface area contributed by atoms with Gasteiger partial charge in [-0.2, -0.15) is 0 Å². The summed E-state index contributed by atoms with van der Waals surface area (Å²) in [5, 5.41) is 6.33. The molecule has 0 fully saturated rings. The molecule has 1 heteroatoms. The van der Waals surface area contributed by atoms with Crippen LogP contribution in [0.5, 0.6) is 0 Å². The van der Waals surface area contributed by atoms with E-state index < -0.39 is 0 Å². The Kier molecular flexibility index (Phi) is 4.67. The summed E-state index contributed by atoms with van der Waals surface area (Å²) in [6.07, 6.45) is 8.06. The third-order valence-electron chi connectivity index (χ3n) is 7.32. The first kappa shape index (κ1) is 20.1. The van der Waals surface area contributed by atoms with Gasteiger partial charge in [-0.3, -0.25) is 0 Å². The molecule has 1 unspecified atom stereocenters. The van der Waals surface area contributed by atoms with Gasteiger partial charge in [-0.25, -0.2) is 0 Å². The van der Waals surface area contributed by atoms with Gasteiger partial charge in [0.05, 0.1) is 0 Å². The van der Waals surface area contributed by atoms with E-state index >= 15 is 0 Å². The maximum atomic E-state index is 3.56. The zero-order chi connectivity index (χ0) is 23.2. The van der Waals surface area contributed by atoms with Gasteiger partial charge in [-0.15, -0.1) is 0 Å². The number of anilines is 2. The second-order valence-corrected chi connectivity index (χ2v) is 9.44. The lowest BCUT2D eigenvalue weighted by Gasteiger charge is -2.28. The van der Waals surface area contributed by atoms with Crippen molar-refractivity contribution in [3.63, 3.8) is 0 Å². The van der Waals surface area contributed by atoms with Crippen LogP contribution in [0.2, 0.25) is 0 Å². The largest absolute Gasteiger partial charge is 0.356 e. The highest BCUT2D eigenvalue weighted by Crippen LogP contribution is 2.46. The number of rotatable bonds is 4. The summed E-state index contributed by atoms with van der Waals surface area (Å²) in [7, 11) is 0. The van der Waals surface area contributed by atoms with E-state index in [0.29, 0.717) is 0 Å². The maximum Gasteiger partial charge on any atom is 0.0384 e. The van der Waals surface area contributed by atoms with Crippen LogP contribution < -0.4 is 5.32 Å². The Morgan fingerprint density at radius 3 is 2.17 bits per heavy atom. The first-order valence-corrected chi connectivity index (χ1v) is 12.3. The van der Waals surface area contributed by atoms with Crippen LogP contribution in [0.15, 0.2) is 121 Å². The van der Waals surface area contributed by atoms with Crippen LogP contribution in [0, 0.1) is 0 Å². The first-order valence-electron chi connectivity index (χ1n) is 12.3. The Labute approximate surface area is 206 Å². The molecule has 0 radical (unpaired) electrons. The highest BCUT2D eigenvalue weighted by atomic mass is 14.9. The molecule has 0 heterocycles. The Bertz CT molecular complexity index is 1600. The zero-order valence-electron chi connectivity index (χ0n) is 19.4. The van der Waals surface area contributed by atoms with E-state index in [0.717, 1.165) is 17.8 Å². The third-order valence-corrected chi connectivity index (χ3v) is 7.32. The van der Waals surface area contributed by atoms with Crippen molar-refractivity contribution in [1.29, 1.82) is 0 Å². The summed E-state index contributed by atoms with van der Waals surface area (Å²) in [5.74, 6) is 0.280. The molecule has 2 aliphatic rings. The number of hydrogen-bond donors (Lipinski definition) is 1. The lowest BCUT2D eigenvalue weighted by molar-refractivity contribution is 1.02. The Morgan fingerprint density at radius 1 is 0.629 bits per heavy atom. The van der Waals surface area contributed by atoms with Gasteiger partial charge >= 0.3 is 0 Å². The van der Waals surface area contributed by atoms with E-state index in [2.05, 4.69) is 133 Å². The molecule has 166 valence electrons. The van der Waals surface area contributed by atoms with E-state index in [1.165, 1.54) is 49.7 Å². The fraction of sp³-hybridized carbons (Fsp3) is 0.0588. The molecule has 1 N–H and O–H groups in total. The second kappa shape index (κ2) is 8.14. The van der Waals surface area contributed by atoms with E-state index in [1.807, 2.05) is 0 Å².